The smallest absolute Gasteiger partial charge is 0.204 e. The summed E-state index contributed by atoms with van der Waals surface area (Å²) in [4.78, 5) is 1.46. The number of benzene rings is 1. The predicted molar refractivity (Wildman–Crippen MR) is 68.6 cm³/mol. The van der Waals surface area contributed by atoms with Gasteiger partial charge in [-0.05, 0) is 36.4 Å². The molecule has 0 saturated carbocycles. The SMILES string of the molecule is Cc1cc(Cn2nnc(-c3ccc(Cl)cc3)n2)on1. The van der Waals surface area contributed by atoms with Crippen LogP contribution in [-0.2, 0) is 6.54 Å². The second-order valence-electron chi connectivity index (χ2n) is 4.08. The van der Waals surface area contributed by atoms with E-state index in [-0.39, 0.29) is 0 Å². The van der Waals surface area contributed by atoms with Crippen LogP contribution in [0.4, 0.5) is 0 Å². The van der Waals surface area contributed by atoms with Crippen LogP contribution >= 0.6 is 11.6 Å². The van der Waals surface area contributed by atoms with Crippen molar-refractivity contribution in [2.45, 2.75) is 13.5 Å². The van der Waals surface area contributed by atoms with E-state index in [0.29, 0.717) is 23.2 Å². The van der Waals surface area contributed by atoms with Gasteiger partial charge in [0.25, 0.3) is 0 Å². The van der Waals surface area contributed by atoms with Crippen LogP contribution in [0.15, 0.2) is 34.9 Å². The standard InChI is InChI=1S/C12H10ClN5O/c1-8-6-11(19-16-8)7-18-15-12(14-17-18)9-2-4-10(13)5-3-9/h2-6H,7H2,1H3. The summed E-state index contributed by atoms with van der Waals surface area (Å²) in [5.74, 6) is 1.24. The maximum Gasteiger partial charge on any atom is 0.204 e. The van der Waals surface area contributed by atoms with Gasteiger partial charge in [0.05, 0.1) is 5.69 Å². The first-order chi connectivity index (χ1) is 9.20. The Morgan fingerprint density at radius 1 is 1.26 bits per heavy atom. The molecule has 0 spiro atoms. The molecule has 0 aliphatic rings. The zero-order chi connectivity index (χ0) is 13.2. The molecule has 0 aliphatic carbocycles. The van der Waals surface area contributed by atoms with Crippen LogP contribution in [0, 0.1) is 6.92 Å². The summed E-state index contributed by atoms with van der Waals surface area (Å²) in [6.45, 7) is 2.27. The summed E-state index contributed by atoms with van der Waals surface area (Å²) in [6, 6.07) is 9.12. The zero-order valence-electron chi connectivity index (χ0n) is 10.1. The monoisotopic (exact) mass is 275 g/mol. The van der Waals surface area contributed by atoms with Gasteiger partial charge in [0, 0.05) is 16.7 Å². The number of nitrogens with zero attached hydrogens (tertiary/aromatic N) is 5. The Kier molecular flexibility index (Phi) is 3.00. The fourth-order valence-electron chi connectivity index (χ4n) is 1.65. The fraction of sp³-hybridized carbons (Fsp3) is 0.167. The third-order valence-electron chi connectivity index (χ3n) is 2.53. The van der Waals surface area contributed by atoms with Crippen LogP contribution in [0.25, 0.3) is 11.4 Å². The van der Waals surface area contributed by atoms with E-state index in [1.54, 1.807) is 12.1 Å². The van der Waals surface area contributed by atoms with Crippen molar-refractivity contribution in [2.24, 2.45) is 0 Å². The van der Waals surface area contributed by atoms with Crippen LogP contribution in [0.5, 0.6) is 0 Å². The Morgan fingerprint density at radius 2 is 2.05 bits per heavy atom. The second-order valence-corrected chi connectivity index (χ2v) is 4.52. The molecule has 3 rings (SSSR count). The lowest BCUT2D eigenvalue weighted by Crippen LogP contribution is -2.03. The highest BCUT2D eigenvalue weighted by Crippen LogP contribution is 2.17. The first kappa shape index (κ1) is 11.9. The highest BCUT2D eigenvalue weighted by molar-refractivity contribution is 6.30. The van der Waals surface area contributed by atoms with Gasteiger partial charge in [-0.3, -0.25) is 0 Å². The minimum absolute atomic E-state index is 0.404. The Labute approximate surface area is 114 Å². The topological polar surface area (TPSA) is 69.6 Å². The van der Waals surface area contributed by atoms with Gasteiger partial charge in [-0.2, -0.15) is 4.80 Å². The van der Waals surface area contributed by atoms with Crippen molar-refractivity contribution in [3.05, 3.63) is 46.8 Å². The third-order valence-corrected chi connectivity index (χ3v) is 2.78. The van der Waals surface area contributed by atoms with Gasteiger partial charge in [0.2, 0.25) is 5.82 Å². The summed E-state index contributed by atoms with van der Waals surface area (Å²) in [5.41, 5.74) is 1.69. The van der Waals surface area contributed by atoms with E-state index in [1.807, 2.05) is 25.1 Å². The Hall–Kier alpha value is -2.21. The van der Waals surface area contributed by atoms with Gasteiger partial charge in [0.15, 0.2) is 5.76 Å². The maximum absolute atomic E-state index is 5.83. The van der Waals surface area contributed by atoms with E-state index in [2.05, 4.69) is 20.6 Å². The number of hydrogen-bond acceptors (Lipinski definition) is 5. The van der Waals surface area contributed by atoms with E-state index < -0.39 is 0 Å². The molecular formula is C12H10ClN5O. The van der Waals surface area contributed by atoms with Gasteiger partial charge < -0.3 is 4.52 Å². The fourth-order valence-corrected chi connectivity index (χ4v) is 1.78. The summed E-state index contributed by atoms with van der Waals surface area (Å²) < 4.78 is 5.10. The molecule has 0 N–H and O–H groups in total. The van der Waals surface area contributed by atoms with Crippen LogP contribution < -0.4 is 0 Å². The minimum Gasteiger partial charge on any atom is -0.359 e. The average Bonchev–Trinajstić information content (AvgIpc) is 3.00. The molecule has 3 aromatic rings. The lowest BCUT2D eigenvalue weighted by atomic mass is 10.2. The molecule has 2 heterocycles. The molecule has 0 radical (unpaired) electrons. The largest absolute Gasteiger partial charge is 0.359 e. The van der Waals surface area contributed by atoms with E-state index in [0.717, 1.165) is 11.3 Å². The van der Waals surface area contributed by atoms with E-state index >= 15 is 0 Å². The van der Waals surface area contributed by atoms with Crippen molar-refractivity contribution in [2.75, 3.05) is 0 Å². The second kappa shape index (κ2) is 4.81. The third kappa shape index (κ3) is 2.63. The van der Waals surface area contributed by atoms with Crippen LogP contribution in [0.2, 0.25) is 5.02 Å². The molecular weight excluding hydrogens is 266 g/mol. The summed E-state index contributed by atoms with van der Waals surface area (Å²) in [5, 5.41) is 16.7. The molecule has 96 valence electrons. The highest BCUT2D eigenvalue weighted by Gasteiger charge is 2.08. The van der Waals surface area contributed by atoms with Gasteiger partial charge in [-0.25, -0.2) is 0 Å². The first-order valence-corrected chi connectivity index (χ1v) is 6.04. The van der Waals surface area contributed by atoms with Crippen LogP contribution in [0.3, 0.4) is 0 Å². The minimum atomic E-state index is 0.404. The predicted octanol–water partition coefficient (Wildman–Crippen LogP) is 2.34. The molecule has 6 nitrogen and oxygen atoms in total. The van der Waals surface area contributed by atoms with Gasteiger partial charge in [0.1, 0.15) is 6.54 Å². The number of halogens is 1. The molecule has 0 atom stereocenters. The van der Waals surface area contributed by atoms with E-state index in [9.17, 15) is 0 Å². The molecule has 0 fully saturated rings. The van der Waals surface area contributed by atoms with Crippen LogP contribution in [0.1, 0.15) is 11.5 Å². The Morgan fingerprint density at radius 3 is 2.74 bits per heavy atom. The average molecular weight is 276 g/mol. The first-order valence-electron chi connectivity index (χ1n) is 5.66. The molecule has 7 heteroatoms. The molecule has 0 unspecified atom stereocenters. The normalized spacial score (nSPS) is 10.8. The number of hydrogen-bond donors (Lipinski definition) is 0. The van der Waals surface area contributed by atoms with Crippen molar-refractivity contribution < 1.29 is 4.52 Å². The number of aromatic nitrogens is 5. The van der Waals surface area contributed by atoms with Crippen molar-refractivity contribution in [3.8, 4) is 11.4 Å². The van der Waals surface area contributed by atoms with Crippen molar-refractivity contribution >= 4 is 11.6 Å². The highest BCUT2D eigenvalue weighted by atomic mass is 35.5. The van der Waals surface area contributed by atoms with Gasteiger partial charge in [-0.15, -0.1) is 10.2 Å². The summed E-state index contributed by atoms with van der Waals surface area (Å²) in [7, 11) is 0. The Balaban J connectivity index is 1.81. The summed E-state index contributed by atoms with van der Waals surface area (Å²) >= 11 is 5.83. The number of rotatable bonds is 3. The van der Waals surface area contributed by atoms with Crippen LogP contribution in [-0.4, -0.2) is 25.4 Å². The molecule has 0 saturated heterocycles. The van der Waals surface area contributed by atoms with Crippen molar-refractivity contribution in [1.29, 1.82) is 0 Å². The van der Waals surface area contributed by atoms with E-state index in [4.69, 9.17) is 16.1 Å². The van der Waals surface area contributed by atoms with Gasteiger partial charge >= 0.3 is 0 Å². The Bertz CT molecular complexity index is 688. The molecule has 0 amide bonds. The van der Waals surface area contributed by atoms with Crippen molar-refractivity contribution in [1.82, 2.24) is 25.4 Å². The maximum atomic E-state index is 5.83. The summed E-state index contributed by atoms with van der Waals surface area (Å²) in [6.07, 6.45) is 0. The number of tetrazole rings is 1. The number of aryl methyl sites for hydroxylation is 1. The molecule has 2 aromatic heterocycles. The van der Waals surface area contributed by atoms with Crippen molar-refractivity contribution in [3.63, 3.8) is 0 Å². The lowest BCUT2D eigenvalue weighted by molar-refractivity contribution is 0.359. The molecule has 1 aromatic carbocycles. The van der Waals surface area contributed by atoms with Gasteiger partial charge in [-0.1, -0.05) is 16.8 Å². The quantitative estimate of drug-likeness (QED) is 0.734. The lowest BCUT2D eigenvalue weighted by Gasteiger charge is -1.94. The molecule has 0 bridgehead atoms. The zero-order valence-corrected chi connectivity index (χ0v) is 10.9. The molecule has 0 aliphatic heterocycles. The molecule has 19 heavy (non-hydrogen) atoms. The van der Waals surface area contributed by atoms with E-state index in [1.165, 1.54) is 4.80 Å².